The number of hydrogen-bond donors (Lipinski definition) is 1. The average Bonchev–Trinajstić information content (AvgIpc) is 3.92. The Bertz CT molecular complexity index is 2460. The van der Waals surface area contributed by atoms with Gasteiger partial charge in [-0.3, -0.25) is 9.69 Å². The molecule has 11 nitrogen and oxygen atoms in total. The Morgan fingerprint density at radius 1 is 0.982 bits per heavy atom. The zero-order valence-corrected chi connectivity index (χ0v) is 31.0. The van der Waals surface area contributed by atoms with Crippen molar-refractivity contribution in [2.24, 2.45) is 0 Å². The smallest absolute Gasteiger partial charge is 0.387 e. The Hall–Kier alpha value is -5.68. The summed E-state index contributed by atoms with van der Waals surface area (Å²) in [6, 6.07) is 20.9. The molecule has 0 radical (unpaired) electrons. The molecular formula is C42H40F2N6O5. The number of ether oxygens (including phenoxy) is 2. The Kier molecular flexibility index (Phi) is 9.81. The van der Waals surface area contributed by atoms with Gasteiger partial charge >= 0.3 is 12.6 Å². The van der Waals surface area contributed by atoms with Crippen LogP contribution in [-0.4, -0.2) is 78.2 Å². The Balaban J connectivity index is 1.09. The number of nitrogens with one attached hydrogen (secondary N) is 1. The molecule has 0 saturated carbocycles. The fourth-order valence-electron chi connectivity index (χ4n) is 7.52. The number of nitriles is 1. The van der Waals surface area contributed by atoms with E-state index in [2.05, 4.69) is 35.3 Å². The third kappa shape index (κ3) is 7.16. The molecule has 2 fully saturated rings. The summed E-state index contributed by atoms with van der Waals surface area (Å²) in [6.45, 7) is 4.05. The van der Waals surface area contributed by atoms with Gasteiger partial charge in [0, 0.05) is 48.4 Å². The quantitative estimate of drug-likeness (QED) is 0.132. The van der Waals surface area contributed by atoms with Gasteiger partial charge in [-0.1, -0.05) is 24.3 Å². The van der Waals surface area contributed by atoms with Crippen LogP contribution in [0, 0.1) is 25.2 Å². The lowest BCUT2D eigenvalue weighted by Gasteiger charge is -2.42. The van der Waals surface area contributed by atoms with Gasteiger partial charge in [0.1, 0.15) is 35.5 Å². The molecule has 0 unspecified atom stereocenters. The highest BCUT2D eigenvalue weighted by Gasteiger charge is 2.29. The molecule has 2 aromatic heterocycles. The number of likely N-dealkylation sites (N-methyl/N-ethyl adjacent to an activating group) is 1. The monoisotopic (exact) mass is 746 g/mol. The Labute approximate surface area is 316 Å². The lowest BCUT2D eigenvalue weighted by Crippen LogP contribution is -2.56. The average molecular weight is 747 g/mol. The van der Waals surface area contributed by atoms with Crippen molar-refractivity contribution in [3.8, 4) is 45.9 Å². The van der Waals surface area contributed by atoms with E-state index in [0.717, 1.165) is 66.0 Å². The van der Waals surface area contributed by atoms with Gasteiger partial charge in [-0.2, -0.15) is 14.0 Å². The summed E-state index contributed by atoms with van der Waals surface area (Å²) in [7, 11) is 4.18. The van der Waals surface area contributed by atoms with Crippen LogP contribution in [0.2, 0.25) is 0 Å². The lowest BCUT2D eigenvalue weighted by molar-refractivity contribution is -0.147. The second kappa shape index (κ2) is 14.9. The third-order valence-electron chi connectivity index (χ3n) is 10.7. The number of nitrogens with zero attached hydrogens (tertiary/aromatic N) is 5. The molecular weight excluding hydrogens is 706 g/mol. The minimum atomic E-state index is -3.09. The van der Waals surface area contributed by atoms with E-state index in [1.54, 1.807) is 6.07 Å². The first kappa shape index (κ1) is 36.3. The van der Waals surface area contributed by atoms with Gasteiger partial charge in [-0.25, -0.2) is 9.97 Å². The molecule has 0 bridgehead atoms. The summed E-state index contributed by atoms with van der Waals surface area (Å²) >= 11 is 0. The molecule has 0 amide bonds. The molecule has 1 atom stereocenters. The van der Waals surface area contributed by atoms with Crippen molar-refractivity contribution in [3.05, 3.63) is 88.5 Å². The number of halogens is 2. The largest absolute Gasteiger partial charge is 0.460 e. The van der Waals surface area contributed by atoms with Gasteiger partial charge in [0.2, 0.25) is 11.8 Å². The number of benzene rings is 4. The molecule has 2 saturated heterocycles. The molecule has 2 aliphatic rings. The molecule has 2 aliphatic heterocycles. The first-order valence-electron chi connectivity index (χ1n) is 18.3. The molecule has 55 heavy (non-hydrogen) atoms. The van der Waals surface area contributed by atoms with Crippen LogP contribution in [0.5, 0.6) is 5.75 Å². The summed E-state index contributed by atoms with van der Waals surface area (Å²) in [5.41, 5.74) is 8.68. The van der Waals surface area contributed by atoms with E-state index in [-0.39, 0.29) is 23.5 Å². The van der Waals surface area contributed by atoms with E-state index in [1.165, 1.54) is 6.07 Å². The van der Waals surface area contributed by atoms with E-state index in [0.29, 0.717) is 52.0 Å². The van der Waals surface area contributed by atoms with Crippen LogP contribution in [0.4, 0.5) is 8.78 Å². The van der Waals surface area contributed by atoms with Crippen LogP contribution < -0.4 is 10.1 Å². The number of oxazole rings is 2. The predicted octanol–water partition coefficient (Wildman–Crippen LogP) is 7.60. The number of hydrogen-bond acceptors (Lipinski definition) is 11. The third-order valence-corrected chi connectivity index (χ3v) is 10.7. The molecule has 4 aromatic carbocycles. The van der Waals surface area contributed by atoms with Crippen molar-refractivity contribution in [2.45, 2.75) is 58.5 Å². The van der Waals surface area contributed by atoms with Crippen LogP contribution in [-0.2, 0) is 22.7 Å². The van der Waals surface area contributed by atoms with E-state index >= 15 is 0 Å². The van der Waals surface area contributed by atoms with Crippen LogP contribution >= 0.6 is 0 Å². The van der Waals surface area contributed by atoms with E-state index in [1.807, 2.05) is 62.4 Å². The predicted molar refractivity (Wildman–Crippen MR) is 202 cm³/mol. The molecule has 13 heteroatoms. The van der Waals surface area contributed by atoms with Crippen molar-refractivity contribution >= 4 is 28.2 Å². The van der Waals surface area contributed by atoms with Crippen molar-refractivity contribution in [1.82, 2.24) is 25.1 Å². The number of likely N-dealkylation sites (tertiary alicyclic amines) is 1. The molecule has 0 aliphatic carbocycles. The van der Waals surface area contributed by atoms with Crippen LogP contribution in [0.15, 0.2) is 69.5 Å². The van der Waals surface area contributed by atoms with Gasteiger partial charge in [0.05, 0.1) is 5.56 Å². The van der Waals surface area contributed by atoms with Gasteiger partial charge in [-0.05, 0) is 105 Å². The number of rotatable bonds is 11. The highest BCUT2D eigenvalue weighted by atomic mass is 19.3. The number of fused-ring (bicyclic) bond motifs is 2. The minimum absolute atomic E-state index is 0.151. The minimum Gasteiger partial charge on any atom is -0.460 e. The maximum absolute atomic E-state index is 13.4. The summed E-state index contributed by atoms with van der Waals surface area (Å²) in [6.07, 6.45) is 1.52. The standard InChI is InChI=1S/C42H40F2N6O5/c1-23-29(8-5-10-31(23)39-47-34-16-27(22-52-41(51)33-12-7-13-46-33)36(54-42(43)44)17-37(34)53-39)30-9-6-11-32(24(30)2)40-48-35-15-25(14-26(18-45)38(35)55-40)19-50-20-28(21-50)49(3)4/h5-6,8-11,14-17,28,33,42,46H,7,12-13,19-22H2,1-4H3/t33-/m0/s1. The first-order valence-corrected chi connectivity index (χ1v) is 18.3. The molecule has 1 N–H and O–H groups in total. The maximum atomic E-state index is 13.4. The molecule has 282 valence electrons. The summed E-state index contributed by atoms with van der Waals surface area (Å²) < 4.78 is 49.5. The van der Waals surface area contributed by atoms with Gasteiger partial charge in [0.15, 0.2) is 11.2 Å². The van der Waals surface area contributed by atoms with Gasteiger partial charge in [-0.15, -0.1) is 0 Å². The molecule has 4 heterocycles. The van der Waals surface area contributed by atoms with Crippen molar-refractivity contribution in [3.63, 3.8) is 0 Å². The van der Waals surface area contributed by atoms with E-state index in [4.69, 9.17) is 28.3 Å². The van der Waals surface area contributed by atoms with Crippen molar-refractivity contribution in [2.75, 3.05) is 33.7 Å². The zero-order valence-electron chi connectivity index (χ0n) is 31.0. The lowest BCUT2D eigenvalue weighted by atomic mass is 9.91. The SMILES string of the molecule is Cc1c(-c2nc3cc(COC(=O)[C@@H]4CCCN4)c(OC(F)F)cc3o2)cccc1-c1cccc(-c2nc3cc(CN4CC(N(C)C)C4)cc(C#N)c3o2)c1C. The second-order valence-corrected chi connectivity index (χ2v) is 14.5. The zero-order chi connectivity index (χ0) is 38.4. The van der Waals surface area contributed by atoms with E-state index in [9.17, 15) is 18.8 Å². The van der Waals surface area contributed by atoms with Gasteiger partial charge < -0.3 is 28.5 Å². The number of esters is 1. The van der Waals surface area contributed by atoms with Crippen molar-refractivity contribution in [1.29, 1.82) is 5.26 Å². The highest BCUT2D eigenvalue weighted by Crippen LogP contribution is 2.39. The van der Waals surface area contributed by atoms with Crippen LogP contribution in [0.25, 0.3) is 56.2 Å². The molecule has 0 spiro atoms. The van der Waals surface area contributed by atoms with Crippen LogP contribution in [0.1, 0.15) is 40.7 Å². The summed E-state index contributed by atoms with van der Waals surface area (Å²) in [5.74, 6) is 0.128. The van der Waals surface area contributed by atoms with Crippen molar-refractivity contribution < 1.29 is 31.9 Å². The second-order valence-electron chi connectivity index (χ2n) is 14.5. The highest BCUT2D eigenvalue weighted by molar-refractivity contribution is 5.86. The fourth-order valence-corrected chi connectivity index (χ4v) is 7.52. The number of aromatic nitrogens is 2. The first-order chi connectivity index (χ1) is 26.6. The molecule has 6 aromatic rings. The maximum Gasteiger partial charge on any atom is 0.387 e. The fraction of sp³-hybridized carbons (Fsp3) is 0.333. The number of alkyl halides is 2. The number of carbonyl (C=O) groups is 1. The number of carbonyl (C=O) groups excluding carboxylic acids is 1. The van der Waals surface area contributed by atoms with Crippen LogP contribution in [0.3, 0.4) is 0 Å². The van der Waals surface area contributed by atoms with Gasteiger partial charge in [0.25, 0.3) is 0 Å². The Morgan fingerprint density at radius 2 is 1.65 bits per heavy atom. The van der Waals surface area contributed by atoms with E-state index < -0.39 is 18.6 Å². The summed E-state index contributed by atoms with van der Waals surface area (Å²) in [5, 5.41) is 13.1. The topological polar surface area (TPSA) is 130 Å². The summed E-state index contributed by atoms with van der Waals surface area (Å²) in [4.78, 5) is 26.7. The normalized spacial score (nSPS) is 16.3. The Morgan fingerprint density at radius 3 is 2.29 bits per heavy atom. The molecule has 8 rings (SSSR count).